The number of likely N-dealkylation sites (tertiary alicyclic amines) is 1. The van der Waals surface area contributed by atoms with Crippen molar-refractivity contribution in [3.63, 3.8) is 0 Å². The minimum Gasteiger partial charge on any atom is -0.449 e. The van der Waals surface area contributed by atoms with Crippen molar-refractivity contribution in [1.82, 2.24) is 4.90 Å². The van der Waals surface area contributed by atoms with Crippen LogP contribution >= 0.6 is 0 Å². The second-order valence-electron chi connectivity index (χ2n) is 6.18. The van der Waals surface area contributed by atoms with E-state index in [2.05, 4.69) is 5.32 Å². The second-order valence-corrected chi connectivity index (χ2v) is 6.18. The smallest absolute Gasteiger partial charge is 0.291 e. The number of rotatable bonds is 2. The monoisotopic (exact) mass is 334 g/mol. The van der Waals surface area contributed by atoms with Gasteiger partial charge in [-0.3, -0.25) is 9.59 Å². The third-order valence-electron chi connectivity index (χ3n) is 4.43. The number of benzene rings is 2. The minimum atomic E-state index is -0.282. The summed E-state index contributed by atoms with van der Waals surface area (Å²) < 4.78 is 5.68. The van der Waals surface area contributed by atoms with Gasteiger partial charge >= 0.3 is 0 Å². The highest BCUT2D eigenvalue weighted by molar-refractivity contribution is 6.08. The first-order valence-corrected chi connectivity index (χ1v) is 8.40. The van der Waals surface area contributed by atoms with Crippen LogP contribution in [0.5, 0.6) is 5.75 Å². The molecule has 5 heteroatoms. The molecule has 0 atom stereocenters. The fourth-order valence-corrected chi connectivity index (χ4v) is 3.08. The topological polar surface area (TPSA) is 58.6 Å². The standard InChI is InChI=1S/C20H18N2O3/c23-19-18(25-17-6-2-1-5-16(17)21-19)13-14-7-9-15(10-8-14)20(24)22-11-3-4-12-22/h1-2,5-10,13H,3-4,11-12H2,(H,21,23)/b18-13-. The summed E-state index contributed by atoms with van der Waals surface area (Å²) in [7, 11) is 0. The average Bonchev–Trinajstić information content (AvgIpc) is 3.17. The van der Waals surface area contributed by atoms with Gasteiger partial charge in [-0.25, -0.2) is 0 Å². The number of carbonyl (C=O) groups excluding carboxylic acids is 2. The van der Waals surface area contributed by atoms with E-state index in [1.165, 1.54) is 0 Å². The molecule has 25 heavy (non-hydrogen) atoms. The van der Waals surface area contributed by atoms with Gasteiger partial charge in [-0.15, -0.1) is 0 Å². The quantitative estimate of drug-likeness (QED) is 0.857. The van der Waals surface area contributed by atoms with Gasteiger partial charge in [-0.1, -0.05) is 24.3 Å². The number of hydrogen-bond donors (Lipinski definition) is 1. The molecule has 126 valence electrons. The van der Waals surface area contributed by atoms with E-state index in [1.54, 1.807) is 30.3 Å². The minimum absolute atomic E-state index is 0.0669. The molecule has 0 spiro atoms. The van der Waals surface area contributed by atoms with Crippen molar-refractivity contribution in [3.05, 3.63) is 65.4 Å². The molecule has 1 saturated heterocycles. The fraction of sp³-hybridized carbons (Fsp3) is 0.200. The highest BCUT2D eigenvalue weighted by Crippen LogP contribution is 2.30. The molecule has 0 radical (unpaired) electrons. The van der Waals surface area contributed by atoms with E-state index in [1.807, 2.05) is 29.2 Å². The van der Waals surface area contributed by atoms with Crippen LogP contribution in [0.2, 0.25) is 0 Å². The predicted octanol–water partition coefficient (Wildman–Crippen LogP) is 3.29. The molecule has 5 nitrogen and oxygen atoms in total. The lowest BCUT2D eigenvalue weighted by atomic mass is 10.1. The Morgan fingerprint density at radius 3 is 2.52 bits per heavy atom. The molecule has 0 aromatic heterocycles. The van der Waals surface area contributed by atoms with Crippen LogP contribution in [0, 0.1) is 0 Å². The van der Waals surface area contributed by atoms with Gasteiger partial charge in [0.05, 0.1) is 5.69 Å². The summed E-state index contributed by atoms with van der Waals surface area (Å²) in [5.74, 6) is 0.639. The molecule has 2 aliphatic rings. The first kappa shape index (κ1) is 15.4. The molecule has 0 aliphatic carbocycles. The molecule has 0 bridgehead atoms. The van der Waals surface area contributed by atoms with E-state index in [4.69, 9.17) is 4.74 Å². The lowest BCUT2D eigenvalue weighted by Gasteiger charge is -2.19. The summed E-state index contributed by atoms with van der Waals surface area (Å²) in [5, 5.41) is 2.80. The normalized spacial score (nSPS) is 17.8. The van der Waals surface area contributed by atoms with Crippen LogP contribution in [-0.4, -0.2) is 29.8 Å². The van der Waals surface area contributed by atoms with E-state index in [9.17, 15) is 9.59 Å². The van der Waals surface area contributed by atoms with Gasteiger partial charge in [0.15, 0.2) is 11.5 Å². The largest absolute Gasteiger partial charge is 0.449 e. The van der Waals surface area contributed by atoms with Crippen molar-refractivity contribution < 1.29 is 14.3 Å². The number of hydrogen-bond acceptors (Lipinski definition) is 3. The van der Waals surface area contributed by atoms with Gasteiger partial charge in [-0.05, 0) is 48.7 Å². The van der Waals surface area contributed by atoms with Crippen LogP contribution in [0.25, 0.3) is 6.08 Å². The van der Waals surface area contributed by atoms with Crippen LogP contribution in [0.3, 0.4) is 0 Å². The molecule has 2 heterocycles. The van der Waals surface area contributed by atoms with E-state index in [0.717, 1.165) is 31.5 Å². The number of amides is 2. The maximum Gasteiger partial charge on any atom is 0.291 e. The molecule has 2 amide bonds. The van der Waals surface area contributed by atoms with Crippen molar-refractivity contribution >= 4 is 23.6 Å². The lowest BCUT2D eigenvalue weighted by Crippen LogP contribution is -2.27. The molecule has 2 aliphatic heterocycles. The number of nitrogens with zero attached hydrogens (tertiary/aromatic N) is 1. The summed E-state index contributed by atoms with van der Waals surface area (Å²) in [6.07, 6.45) is 3.82. The summed E-state index contributed by atoms with van der Waals surface area (Å²) in [4.78, 5) is 26.4. The Bertz CT molecular complexity index is 849. The maximum absolute atomic E-state index is 12.4. The van der Waals surface area contributed by atoms with Crippen LogP contribution in [0.4, 0.5) is 5.69 Å². The highest BCUT2D eigenvalue weighted by atomic mass is 16.5. The molecule has 0 unspecified atom stereocenters. The predicted molar refractivity (Wildman–Crippen MR) is 95.3 cm³/mol. The third kappa shape index (κ3) is 3.13. The Kier molecular flexibility index (Phi) is 3.98. The van der Waals surface area contributed by atoms with Gasteiger partial charge in [0.25, 0.3) is 11.8 Å². The van der Waals surface area contributed by atoms with E-state index < -0.39 is 0 Å². The summed E-state index contributed by atoms with van der Waals surface area (Å²) in [6, 6.07) is 14.5. The lowest BCUT2D eigenvalue weighted by molar-refractivity contribution is -0.115. The molecular weight excluding hydrogens is 316 g/mol. The van der Waals surface area contributed by atoms with Crippen molar-refractivity contribution in [2.75, 3.05) is 18.4 Å². The first-order valence-electron chi connectivity index (χ1n) is 8.40. The SMILES string of the molecule is O=C1Nc2ccccc2O/C1=C\c1ccc(C(=O)N2CCCC2)cc1. The second kappa shape index (κ2) is 6.43. The Morgan fingerprint density at radius 2 is 1.76 bits per heavy atom. The molecule has 1 N–H and O–H groups in total. The van der Waals surface area contributed by atoms with Gasteiger partial charge in [0, 0.05) is 18.7 Å². The van der Waals surface area contributed by atoms with Crippen LogP contribution in [-0.2, 0) is 4.79 Å². The molecule has 1 fully saturated rings. The zero-order chi connectivity index (χ0) is 17.2. The Labute approximate surface area is 145 Å². The van der Waals surface area contributed by atoms with Gasteiger partial charge in [0.1, 0.15) is 0 Å². The van der Waals surface area contributed by atoms with Crippen molar-refractivity contribution in [2.45, 2.75) is 12.8 Å². The fourth-order valence-electron chi connectivity index (χ4n) is 3.08. The highest BCUT2D eigenvalue weighted by Gasteiger charge is 2.22. The van der Waals surface area contributed by atoms with Crippen LogP contribution in [0.1, 0.15) is 28.8 Å². The van der Waals surface area contributed by atoms with E-state index in [-0.39, 0.29) is 17.6 Å². The van der Waals surface area contributed by atoms with Crippen molar-refractivity contribution in [1.29, 1.82) is 0 Å². The van der Waals surface area contributed by atoms with Crippen LogP contribution < -0.4 is 10.1 Å². The van der Waals surface area contributed by atoms with Crippen molar-refractivity contribution in [2.24, 2.45) is 0 Å². The molecule has 2 aromatic rings. The van der Waals surface area contributed by atoms with Gasteiger partial charge < -0.3 is 15.0 Å². The molecule has 2 aromatic carbocycles. The summed E-state index contributed by atoms with van der Waals surface area (Å²) in [5.41, 5.74) is 2.14. The van der Waals surface area contributed by atoms with Crippen molar-refractivity contribution in [3.8, 4) is 5.75 Å². The maximum atomic E-state index is 12.4. The number of para-hydroxylation sites is 2. The van der Waals surface area contributed by atoms with E-state index >= 15 is 0 Å². The third-order valence-corrected chi connectivity index (χ3v) is 4.43. The molecule has 0 saturated carbocycles. The number of nitrogens with one attached hydrogen (secondary N) is 1. The Morgan fingerprint density at radius 1 is 1.04 bits per heavy atom. The summed E-state index contributed by atoms with van der Waals surface area (Å²) in [6.45, 7) is 1.66. The first-order chi connectivity index (χ1) is 12.2. The average molecular weight is 334 g/mol. The number of carbonyl (C=O) groups is 2. The number of anilines is 1. The van der Waals surface area contributed by atoms with Gasteiger partial charge in [0.2, 0.25) is 0 Å². The zero-order valence-corrected chi connectivity index (χ0v) is 13.7. The van der Waals surface area contributed by atoms with Crippen LogP contribution in [0.15, 0.2) is 54.3 Å². The van der Waals surface area contributed by atoms with E-state index in [0.29, 0.717) is 17.0 Å². The Hall–Kier alpha value is -3.08. The summed E-state index contributed by atoms with van der Waals surface area (Å²) >= 11 is 0. The zero-order valence-electron chi connectivity index (χ0n) is 13.7. The Balaban J connectivity index is 1.53. The number of ether oxygens (including phenoxy) is 1. The number of fused-ring (bicyclic) bond motifs is 1. The van der Waals surface area contributed by atoms with Gasteiger partial charge in [-0.2, -0.15) is 0 Å². The molecule has 4 rings (SSSR count). The molecular formula is C20H18N2O3.